The van der Waals surface area contributed by atoms with Crippen molar-refractivity contribution < 1.29 is 9.59 Å². The lowest BCUT2D eigenvalue weighted by Gasteiger charge is -2.25. The van der Waals surface area contributed by atoms with Crippen molar-refractivity contribution in [2.24, 2.45) is 17.6 Å². The SMILES string of the molecule is CC(NC(=O)C(C(N)=S)C(C)C)C(=O)NC(C)(C)C. The maximum atomic E-state index is 12.0. The standard InChI is InChI=1S/C13H25N3O2S/c1-7(2)9(10(14)19)12(18)15-8(3)11(17)16-13(4,5)6/h7-9H,1-6H3,(H2,14,19)(H,15,18)(H,16,17). The summed E-state index contributed by atoms with van der Waals surface area (Å²) >= 11 is 4.89. The third-order valence-electron chi connectivity index (χ3n) is 2.51. The lowest BCUT2D eigenvalue weighted by molar-refractivity contribution is -0.130. The van der Waals surface area contributed by atoms with E-state index in [1.54, 1.807) is 6.92 Å². The smallest absolute Gasteiger partial charge is 0.242 e. The van der Waals surface area contributed by atoms with E-state index in [9.17, 15) is 9.59 Å². The topological polar surface area (TPSA) is 84.2 Å². The maximum Gasteiger partial charge on any atom is 0.242 e. The Labute approximate surface area is 120 Å². The van der Waals surface area contributed by atoms with Gasteiger partial charge in [0.1, 0.15) is 6.04 Å². The van der Waals surface area contributed by atoms with Crippen molar-refractivity contribution in [2.45, 2.75) is 53.1 Å². The molecule has 5 nitrogen and oxygen atoms in total. The molecule has 0 heterocycles. The second kappa shape index (κ2) is 6.84. The van der Waals surface area contributed by atoms with Crippen molar-refractivity contribution in [2.75, 3.05) is 0 Å². The zero-order chi connectivity index (χ0) is 15.4. The van der Waals surface area contributed by atoms with Crippen molar-refractivity contribution in [1.29, 1.82) is 0 Å². The van der Waals surface area contributed by atoms with Gasteiger partial charge in [-0.3, -0.25) is 9.59 Å². The Morgan fingerprint density at radius 1 is 1.11 bits per heavy atom. The molecule has 0 aromatic carbocycles. The molecule has 0 radical (unpaired) electrons. The van der Waals surface area contributed by atoms with Gasteiger partial charge in [-0.15, -0.1) is 0 Å². The summed E-state index contributed by atoms with van der Waals surface area (Å²) in [6, 6.07) is -0.623. The molecule has 0 spiro atoms. The molecule has 0 aromatic heterocycles. The van der Waals surface area contributed by atoms with Crippen molar-refractivity contribution in [3.8, 4) is 0 Å². The average molecular weight is 287 g/mol. The molecule has 6 heteroatoms. The molecule has 0 bridgehead atoms. The molecule has 0 saturated heterocycles. The largest absolute Gasteiger partial charge is 0.393 e. The second-order valence-corrected chi connectivity index (χ2v) is 6.56. The van der Waals surface area contributed by atoms with Gasteiger partial charge in [0.15, 0.2) is 0 Å². The fourth-order valence-electron chi connectivity index (χ4n) is 1.61. The van der Waals surface area contributed by atoms with E-state index in [1.807, 2.05) is 34.6 Å². The van der Waals surface area contributed by atoms with Crippen LogP contribution in [0, 0.1) is 11.8 Å². The Bertz CT molecular complexity index is 361. The number of carbonyl (C=O) groups excluding carboxylic acids is 2. The van der Waals surface area contributed by atoms with E-state index in [1.165, 1.54) is 0 Å². The molecule has 2 atom stereocenters. The fourth-order valence-corrected chi connectivity index (χ4v) is 1.99. The summed E-state index contributed by atoms with van der Waals surface area (Å²) < 4.78 is 0. The van der Waals surface area contributed by atoms with Crippen LogP contribution in [0.2, 0.25) is 0 Å². The quantitative estimate of drug-likeness (QED) is 0.658. The van der Waals surface area contributed by atoms with Crippen LogP contribution in [-0.2, 0) is 9.59 Å². The average Bonchev–Trinajstić information content (AvgIpc) is 2.12. The summed E-state index contributed by atoms with van der Waals surface area (Å²) in [6.45, 7) is 11.0. The first-order valence-corrected chi connectivity index (χ1v) is 6.78. The molecular weight excluding hydrogens is 262 g/mol. The predicted molar refractivity (Wildman–Crippen MR) is 80.6 cm³/mol. The van der Waals surface area contributed by atoms with Crippen LogP contribution in [0.5, 0.6) is 0 Å². The second-order valence-electron chi connectivity index (χ2n) is 6.09. The van der Waals surface area contributed by atoms with Crippen LogP contribution < -0.4 is 16.4 Å². The molecular formula is C13H25N3O2S. The third kappa shape index (κ3) is 6.52. The number of amides is 2. The van der Waals surface area contributed by atoms with Gasteiger partial charge in [0.2, 0.25) is 11.8 Å². The molecule has 0 aliphatic heterocycles. The minimum Gasteiger partial charge on any atom is -0.393 e. The van der Waals surface area contributed by atoms with Crippen LogP contribution >= 0.6 is 12.2 Å². The highest BCUT2D eigenvalue weighted by molar-refractivity contribution is 7.80. The van der Waals surface area contributed by atoms with E-state index >= 15 is 0 Å². The molecule has 0 aliphatic carbocycles. The van der Waals surface area contributed by atoms with Crippen LogP contribution in [-0.4, -0.2) is 28.4 Å². The van der Waals surface area contributed by atoms with E-state index in [0.717, 1.165) is 0 Å². The fraction of sp³-hybridized carbons (Fsp3) is 0.769. The summed E-state index contributed by atoms with van der Waals surface area (Å²) in [7, 11) is 0. The van der Waals surface area contributed by atoms with Crippen LogP contribution in [0.25, 0.3) is 0 Å². The lowest BCUT2D eigenvalue weighted by Crippen LogP contribution is -2.53. The monoisotopic (exact) mass is 287 g/mol. The van der Waals surface area contributed by atoms with Crippen molar-refractivity contribution in [3.63, 3.8) is 0 Å². The van der Waals surface area contributed by atoms with E-state index in [-0.39, 0.29) is 28.3 Å². The Morgan fingerprint density at radius 3 is 1.89 bits per heavy atom. The zero-order valence-corrected chi connectivity index (χ0v) is 13.4. The molecule has 2 unspecified atom stereocenters. The van der Waals surface area contributed by atoms with Gasteiger partial charge in [0, 0.05) is 5.54 Å². The molecule has 0 rings (SSSR count). The molecule has 0 aromatic rings. The number of thiocarbonyl (C=S) groups is 1. The van der Waals surface area contributed by atoms with Crippen molar-refractivity contribution >= 4 is 29.0 Å². The highest BCUT2D eigenvalue weighted by Crippen LogP contribution is 2.11. The first kappa shape index (κ1) is 17.8. The number of hydrogen-bond acceptors (Lipinski definition) is 3. The van der Waals surface area contributed by atoms with E-state index < -0.39 is 12.0 Å². The molecule has 19 heavy (non-hydrogen) atoms. The van der Waals surface area contributed by atoms with Gasteiger partial charge >= 0.3 is 0 Å². The highest BCUT2D eigenvalue weighted by atomic mass is 32.1. The summed E-state index contributed by atoms with van der Waals surface area (Å²) in [5.74, 6) is -1.10. The molecule has 0 fully saturated rings. The summed E-state index contributed by atoms with van der Waals surface area (Å²) in [5.41, 5.74) is 5.23. The Kier molecular flexibility index (Phi) is 6.42. The normalized spacial score (nSPS) is 14.7. The van der Waals surface area contributed by atoms with Crippen molar-refractivity contribution in [1.82, 2.24) is 10.6 Å². The number of nitrogens with two attached hydrogens (primary N) is 1. The highest BCUT2D eigenvalue weighted by Gasteiger charge is 2.28. The maximum absolute atomic E-state index is 12.0. The number of hydrogen-bond donors (Lipinski definition) is 3. The molecule has 4 N–H and O–H groups in total. The molecule has 2 amide bonds. The first-order chi connectivity index (χ1) is 8.45. The van der Waals surface area contributed by atoms with Crippen molar-refractivity contribution in [3.05, 3.63) is 0 Å². The predicted octanol–water partition coefficient (Wildman–Crippen LogP) is 0.964. The summed E-state index contributed by atoms with van der Waals surface area (Å²) in [5, 5.41) is 5.45. The van der Waals surface area contributed by atoms with Crippen LogP contribution in [0.1, 0.15) is 41.5 Å². The lowest BCUT2D eigenvalue weighted by atomic mass is 9.94. The van der Waals surface area contributed by atoms with Gasteiger partial charge in [-0.25, -0.2) is 0 Å². The molecule has 0 saturated carbocycles. The minimum absolute atomic E-state index is 0.00428. The molecule has 0 aliphatic rings. The van der Waals surface area contributed by atoms with Gasteiger partial charge < -0.3 is 16.4 Å². The Balaban J connectivity index is 4.63. The summed E-state index contributed by atoms with van der Waals surface area (Å²) in [6.07, 6.45) is 0. The molecule has 110 valence electrons. The van der Waals surface area contributed by atoms with E-state index in [0.29, 0.717) is 0 Å². The van der Waals surface area contributed by atoms with Crippen LogP contribution in [0.4, 0.5) is 0 Å². The Morgan fingerprint density at radius 2 is 1.58 bits per heavy atom. The zero-order valence-electron chi connectivity index (χ0n) is 12.5. The van der Waals surface area contributed by atoms with Gasteiger partial charge in [0.25, 0.3) is 0 Å². The number of nitrogens with one attached hydrogen (secondary N) is 2. The van der Waals surface area contributed by atoms with Gasteiger partial charge in [-0.2, -0.15) is 0 Å². The third-order valence-corrected chi connectivity index (χ3v) is 2.76. The first-order valence-electron chi connectivity index (χ1n) is 6.37. The Hall–Kier alpha value is -1.17. The minimum atomic E-state index is -0.623. The van der Waals surface area contributed by atoms with Crippen LogP contribution in [0.3, 0.4) is 0 Å². The van der Waals surface area contributed by atoms with Gasteiger partial charge in [-0.05, 0) is 33.6 Å². The number of carbonyl (C=O) groups is 2. The summed E-state index contributed by atoms with van der Waals surface area (Å²) in [4.78, 5) is 24.1. The van der Waals surface area contributed by atoms with Gasteiger partial charge in [-0.1, -0.05) is 26.1 Å². The van der Waals surface area contributed by atoms with Crippen LogP contribution in [0.15, 0.2) is 0 Å². The van der Waals surface area contributed by atoms with E-state index in [2.05, 4.69) is 10.6 Å². The number of rotatable bonds is 5. The van der Waals surface area contributed by atoms with E-state index in [4.69, 9.17) is 18.0 Å². The van der Waals surface area contributed by atoms with Gasteiger partial charge in [0.05, 0.1) is 10.9 Å².